The first-order valence-electron chi connectivity index (χ1n) is 9.54. The number of aliphatic imine (C=N–C) groups is 1. The highest BCUT2D eigenvalue weighted by Crippen LogP contribution is 2.32. The molecule has 1 atom stereocenters. The lowest BCUT2D eigenvalue weighted by Crippen LogP contribution is -2.25. The molecule has 0 aromatic heterocycles. The first-order chi connectivity index (χ1) is 13.3. The van der Waals surface area contributed by atoms with Crippen molar-refractivity contribution in [2.75, 3.05) is 43.1 Å². The van der Waals surface area contributed by atoms with Gasteiger partial charge in [0, 0.05) is 43.5 Å². The summed E-state index contributed by atoms with van der Waals surface area (Å²) in [6.07, 6.45) is 2.03. The molecule has 2 aliphatic rings. The lowest BCUT2D eigenvalue weighted by molar-refractivity contribution is 0.297. The predicted molar refractivity (Wildman–Crippen MR) is 109 cm³/mol. The molecule has 2 aliphatic heterocycles. The molecule has 3 N–H and O–H groups in total. The zero-order valence-electron chi connectivity index (χ0n) is 15.4. The summed E-state index contributed by atoms with van der Waals surface area (Å²) in [5.41, 5.74) is 8.23. The van der Waals surface area contributed by atoms with E-state index in [0.29, 0.717) is 25.1 Å². The van der Waals surface area contributed by atoms with Crippen molar-refractivity contribution in [3.8, 4) is 11.5 Å². The minimum Gasteiger partial charge on any atom is -0.490 e. The van der Waals surface area contributed by atoms with Crippen molar-refractivity contribution in [2.45, 2.75) is 12.8 Å². The van der Waals surface area contributed by atoms with Crippen LogP contribution in [0.1, 0.15) is 12.8 Å². The second-order valence-electron chi connectivity index (χ2n) is 7.00. The van der Waals surface area contributed by atoms with Crippen LogP contribution in [0.2, 0.25) is 0 Å². The molecular formula is C21H26N4O2. The monoisotopic (exact) mass is 366 g/mol. The van der Waals surface area contributed by atoms with Crippen LogP contribution in [0.3, 0.4) is 0 Å². The number of nitrogens with two attached hydrogens (primary N) is 1. The third-order valence-corrected chi connectivity index (χ3v) is 4.95. The summed E-state index contributed by atoms with van der Waals surface area (Å²) in [6, 6.07) is 16.3. The highest BCUT2D eigenvalue weighted by atomic mass is 16.5. The van der Waals surface area contributed by atoms with Crippen molar-refractivity contribution in [1.29, 1.82) is 0 Å². The molecule has 1 unspecified atom stereocenters. The van der Waals surface area contributed by atoms with E-state index in [9.17, 15) is 0 Å². The largest absolute Gasteiger partial charge is 0.490 e. The maximum Gasteiger partial charge on any atom is 0.193 e. The molecule has 1 saturated heterocycles. The van der Waals surface area contributed by atoms with Gasteiger partial charge in [-0.05, 0) is 36.6 Å². The Balaban J connectivity index is 1.32. The SMILES string of the molecule is NC(=NCC1CCN(c2ccccc2)C1)Nc1ccc2c(c1)OCCCO2. The van der Waals surface area contributed by atoms with Gasteiger partial charge in [0.05, 0.1) is 13.2 Å². The Bertz CT molecular complexity index is 794. The molecule has 2 aromatic carbocycles. The van der Waals surface area contributed by atoms with Crippen molar-refractivity contribution in [2.24, 2.45) is 16.6 Å². The second kappa shape index (κ2) is 8.20. The number of nitrogens with one attached hydrogen (secondary N) is 1. The second-order valence-corrected chi connectivity index (χ2v) is 7.00. The molecule has 2 heterocycles. The van der Waals surface area contributed by atoms with Crippen molar-refractivity contribution >= 4 is 17.3 Å². The van der Waals surface area contributed by atoms with Crippen LogP contribution in [0.25, 0.3) is 0 Å². The van der Waals surface area contributed by atoms with E-state index in [1.54, 1.807) is 0 Å². The van der Waals surface area contributed by atoms with Crippen LogP contribution in [0.5, 0.6) is 11.5 Å². The summed E-state index contributed by atoms with van der Waals surface area (Å²) in [4.78, 5) is 6.96. The van der Waals surface area contributed by atoms with Crippen LogP contribution in [0, 0.1) is 5.92 Å². The van der Waals surface area contributed by atoms with E-state index in [-0.39, 0.29) is 0 Å². The molecule has 0 amide bonds. The van der Waals surface area contributed by atoms with E-state index in [1.165, 1.54) is 5.69 Å². The summed E-state index contributed by atoms with van der Waals surface area (Å²) < 4.78 is 11.4. The van der Waals surface area contributed by atoms with E-state index in [1.807, 2.05) is 24.3 Å². The fraction of sp³-hybridized carbons (Fsp3) is 0.381. The number of ether oxygens (including phenoxy) is 2. The molecule has 142 valence electrons. The van der Waals surface area contributed by atoms with E-state index < -0.39 is 0 Å². The number of nitrogens with zero attached hydrogens (tertiary/aromatic N) is 2. The van der Waals surface area contributed by atoms with Crippen LogP contribution >= 0.6 is 0 Å². The summed E-state index contributed by atoms with van der Waals surface area (Å²) in [6.45, 7) is 4.17. The molecular weight excluding hydrogens is 340 g/mol. The third kappa shape index (κ3) is 4.45. The van der Waals surface area contributed by atoms with Gasteiger partial charge >= 0.3 is 0 Å². The van der Waals surface area contributed by atoms with Gasteiger partial charge in [0.15, 0.2) is 17.5 Å². The van der Waals surface area contributed by atoms with Crippen LogP contribution in [-0.2, 0) is 0 Å². The molecule has 0 spiro atoms. The van der Waals surface area contributed by atoms with E-state index in [2.05, 4.69) is 39.5 Å². The van der Waals surface area contributed by atoms with Gasteiger partial charge in [-0.25, -0.2) is 0 Å². The number of guanidine groups is 1. The Morgan fingerprint density at radius 3 is 2.78 bits per heavy atom. The fourth-order valence-electron chi connectivity index (χ4n) is 3.51. The molecule has 2 aromatic rings. The lowest BCUT2D eigenvalue weighted by atomic mass is 10.1. The Morgan fingerprint density at radius 1 is 1.11 bits per heavy atom. The molecule has 4 rings (SSSR count). The number of rotatable bonds is 4. The molecule has 0 aliphatic carbocycles. The Morgan fingerprint density at radius 2 is 1.93 bits per heavy atom. The normalized spacial score (nSPS) is 19.6. The highest BCUT2D eigenvalue weighted by molar-refractivity contribution is 5.92. The quantitative estimate of drug-likeness (QED) is 0.643. The van der Waals surface area contributed by atoms with E-state index in [0.717, 1.165) is 49.7 Å². The first kappa shape index (κ1) is 17.5. The Kier molecular flexibility index (Phi) is 5.32. The lowest BCUT2D eigenvalue weighted by Gasteiger charge is -2.18. The van der Waals surface area contributed by atoms with E-state index >= 15 is 0 Å². The Hall–Kier alpha value is -2.89. The average Bonchev–Trinajstić information content (AvgIpc) is 3.05. The summed E-state index contributed by atoms with van der Waals surface area (Å²) in [7, 11) is 0. The standard InChI is InChI=1S/C21H26N4O2/c22-21(24-17-7-8-19-20(13-17)27-12-4-11-26-19)23-14-16-9-10-25(15-16)18-5-2-1-3-6-18/h1-3,5-8,13,16H,4,9-12,14-15H2,(H3,22,23,24). The summed E-state index contributed by atoms with van der Waals surface area (Å²) in [5, 5.41) is 3.16. The van der Waals surface area contributed by atoms with Gasteiger partial charge in [-0.15, -0.1) is 0 Å². The summed E-state index contributed by atoms with van der Waals surface area (Å²) >= 11 is 0. The molecule has 0 bridgehead atoms. The van der Waals surface area contributed by atoms with Gasteiger partial charge < -0.3 is 25.4 Å². The van der Waals surface area contributed by atoms with Gasteiger partial charge in [0.1, 0.15) is 0 Å². The van der Waals surface area contributed by atoms with Crippen LogP contribution < -0.4 is 25.4 Å². The predicted octanol–water partition coefficient (Wildman–Crippen LogP) is 3.10. The topological polar surface area (TPSA) is 72.1 Å². The maximum absolute atomic E-state index is 6.09. The smallest absolute Gasteiger partial charge is 0.193 e. The van der Waals surface area contributed by atoms with Gasteiger partial charge in [0.2, 0.25) is 0 Å². The first-order valence-corrected chi connectivity index (χ1v) is 9.54. The van der Waals surface area contributed by atoms with Crippen LogP contribution in [0.15, 0.2) is 53.5 Å². The van der Waals surface area contributed by atoms with Crippen LogP contribution in [0.4, 0.5) is 11.4 Å². The molecule has 27 heavy (non-hydrogen) atoms. The minimum atomic E-state index is 0.433. The van der Waals surface area contributed by atoms with Crippen molar-refractivity contribution < 1.29 is 9.47 Å². The molecule has 6 nitrogen and oxygen atoms in total. The van der Waals surface area contributed by atoms with Crippen molar-refractivity contribution in [3.05, 3.63) is 48.5 Å². The highest BCUT2D eigenvalue weighted by Gasteiger charge is 2.22. The number of fused-ring (bicyclic) bond motifs is 1. The number of hydrogen-bond donors (Lipinski definition) is 2. The van der Waals surface area contributed by atoms with Crippen LogP contribution in [-0.4, -0.2) is 38.8 Å². The number of anilines is 2. The Labute approximate surface area is 160 Å². The molecule has 0 saturated carbocycles. The molecule has 1 fully saturated rings. The molecule has 0 radical (unpaired) electrons. The number of para-hydroxylation sites is 1. The fourth-order valence-corrected chi connectivity index (χ4v) is 3.51. The zero-order valence-corrected chi connectivity index (χ0v) is 15.4. The third-order valence-electron chi connectivity index (χ3n) is 4.95. The minimum absolute atomic E-state index is 0.433. The number of benzene rings is 2. The van der Waals surface area contributed by atoms with Gasteiger partial charge in [-0.3, -0.25) is 4.99 Å². The number of hydrogen-bond acceptors (Lipinski definition) is 4. The average molecular weight is 366 g/mol. The van der Waals surface area contributed by atoms with Crippen molar-refractivity contribution in [1.82, 2.24) is 0 Å². The summed E-state index contributed by atoms with van der Waals surface area (Å²) in [5.74, 6) is 2.48. The maximum atomic E-state index is 6.09. The van der Waals surface area contributed by atoms with Gasteiger partial charge in [-0.1, -0.05) is 18.2 Å². The zero-order chi connectivity index (χ0) is 18.5. The molecule has 6 heteroatoms. The van der Waals surface area contributed by atoms with Gasteiger partial charge in [-0.2, -0.15) is 0 Å². The van der Waals surface area contributed by atoms with E-state index in [4.69, 9.17) is 15.2 Å². The van der Waals surface area contributed by atoms with Crippen molar-refractivity contribution in [3.63, 3.8) is 0 Å². The van der Waals surface area contributed by atoms with Gasteiger partial charge in [0.25, 0.3) is 0 Å².